The Bertz CT molecular complexity index is 662. The average molecular weight is 334 g/mol. The number of aryl methyl sites for hydroxylation is 2. The monoisotopic (exact) mass is 334 g/mol. The molecule has 5 nitrogen and oxygen atoms in total. The van der Waals surface area contributed by atoms with Gasteiger partial charge in [0.05, 0.1) is 22.3 Å². The van der Waals surface area contributed by atoms with Gasteiger partial charge in [-0.15, -0.1) is 11.3 Å². The number of hydrogen-bond acceptors (Lipinski definition) is 4. The van der Waals surface area contributed by atoms with Gasteiger partial charge >= 0.3 is 0 Å². The highest BCUT2D eigenvalue weighted by molar-refractivity contribution is 7.09. The Morgan fingerprint density at radius 1 is 1.39 bits per heavy atom. The molecule has 23 heavy (non-hydrogen) atoms. The molecule has 1 unspecified atom stereocenters. The van der Waals surface area contributed by atoms with E-state index in [-0.39, 0.29) is 17.2 Å². The molecule has 2 rings (SSSR count). The van der Waals surface area contributed by atoms with E-state index in [2.05, 4.69) is 46.6 Å². The Balaban J connectivity index is 1.89. The third-order valence-corrected chi connectivity index (χ3v) is 4.88. The number of H-pyrrole nitrogens is 1. The fourth-order valence-corrected chi connectivity index (χ4v) is 3.57. The van der Waals surface area contributed by atoms with Crippen molar-refractivity contribution in [2.24, 2.45) is 0 Å². The van der Waals surface area contributed by atoms with Crippen LogP contribution in [0.2, 0.25) is 0 Å². The molecule has 0 aliphatic carbocycles. The van der Waals surface area contributed by atoms with Gasteiger partial charge in [-0.2, -0.15) is 5.10 Å². The summed E-state index contributed by atoms with van der Waals surface area (Å²) in [5.41, 5.74) is 4.02. The molecule has 0 fully saturated rings. The van der Waals surface area contributed by atoms with Gasteiger partial charge in [0.15, 0.2) is 0 Å². The van der Waals surface area contributed by atoms with Crippen LogP contribution in [0, 0.1) is 13.8 Å². The lowest BCUT2D eigenvalue weighted by Crippen LogP contribution is -2.30. The van der Waals surface area contributed by atoms with Crippen molar-refractivity contribution in [3.8, 4) is 0 Å². The number of rotatable bonds is 5. The Labute approximate surface area is 141 Å². The Hall–Kier alpha value is -1.69. The van der Waals surface area contributed by atoms with Gasteiger partial charge in [-0.05, 0) is 20.8 Å². The minimum absolute atomic E-state index is 0.0326. The van der Waals surface area contributed by atoms with Crippen LogP contribution in [0.15, 0.2) is 5.38 Å². The lowest BCUT2D eigenvalue weighted by Gasteiger charge is -2.14. The number of amides is 1. The Kier molecular flexibility index (Phi) is 5.24. The zero-order chi connectivity index (χ0) is 17.2. The Morgan fingerprint density at radius 2 is 2.09 bits per heavy atom. The van der Waals surface area contributed by atoms with E-state index in [0.717, 1.165) is 34.1 Å². The third kappa shape index (κ3) is 4.19. The number of nitrogens with zero attached hydrogens (tertiary/aromatic N) is 2. The smallest absolute Gasteiger partial charge is 0.227 e. The summed E-state index contributed by atoms with van der Waals surface area (Å²) in [4.78, 5) is 17.0. The SMILES string of the molecule is Cc1n[nH]c(C)c1C(C)C(=O)NCCc1nc(C(C)(C)C)cs1. The fourth-order valence-electron chi connectivity index (χ4n) is 2.54. The van der Waals surface area contributed by atoms with Crippen LogP contribution >= 0.6 is 11.3 Å². The number of aromatic nitrogens is 3. The van der Waals surface area contributed by atoms with Crippen LogP contribution in [-0.2, 0) is 16.6 Å². The number of thiazole rings is 1. The summed E-state index contributed by atoms with van der Waals surface area (Å²) in [6.07, 6.45) is 0.766. The van der Waals surface area contributed by atoms with Gasteiger partial charge in [-0.25, -0.2) is 4.98 Å². The van der Waals surface area contributed by atoms with Crippen molar-refractivity contribution in [1.29, 1.82) is 0 Å². The molecule has 126 valence electrons. The largest absolute Gasteiger partial charge is 0.355 e. The zero-order valence-electron chi connectivity index (χ0n) is 14.8. The van der Waals surface area contributed by atoms with E-state index in [1.54, 1.807) is 11.3 Å². The zero-order valence-corrected chi connectivity index (χ0v) is 15.6. The van der Waals surface area contributed by atoms with Crippen molar-refractivity contribution in [1.82, 2.24) is 20.5 Å². The van der Waals surface area contributed by atoms with Gasteiger partial charge in [0.25, 0.3) is 0 Å². The number of hydrogen-bond donors (Lipinski definition) is 2. The van der Waals surface area contributed by atoms with Crippen LogP contribution in [0.3, 0.4) is 0 Å². The van der Waals surface area contributed by atoms with Crippen LogP contribution in [0.25, 0.3) is 0 Å². The van der Waals surface area contributed by atoms with E-state index in [0.29, 0.717) is 6.54 Å². The lowest BCUT2D eigenvalue weighted by molar-refractivity contribution is -0.122. The van der Waals surface area contributed by atoms with E-state index in [1.165, 1.54) is 0 Å². The lowest BCUT2D eigenvalue weighted by atomic mass is 9.93. The maximum atomic E-state index is 12.3. The third-order valence-electron chi connectivity index (χ3n) is 3.97. The van der Waals surface area contributed by atoms with Gasteiger partial charge < -0.3 is 5.32 Å². The second-order valence-corrected chi connectivity index (χ2v) is 7.93. The van der Waals surface area contributed by atoms with Gasteiger partial charge in [0.1, 0.15) is 0 Å². The highest BCUT2D eigenvalue weighted by atomic mass is 32.1. The molecule has 0 spiro atoms. The molecule has 0 aromatic carbocycles. The first-order chi connectivity index (χ1) is 10.7. The van der Waals surface area contributed by atoms with Crippen molar-refractivity contribution in [3.05, 3.63) is 33.0 Å². The minimum atomic E-state index is -0.199. The van der Waals surface area contributed by atoms with Crippen molar-refractivity contribution in [2.75, 3.05) is 6.54 Å². The van der Waals surface area contributed by atoms with Crippen molar-refractivity contribution >= 4 is 17.2 Å². The predicted molar refractivity (Wildman–Crippen MR) is 94.0 cm³/mol. The van der Waals surface area contributed by atoms with Crippen LogP contribution < -0.4 is 5.32 Å². The van der Waals surface area contributed by atoms with Crippen LogP contribution in [-0.4, -0.2) is 27.6 Å². The first-order valence-electron chi connectivity index (χ1n) is 7.94. The van der Waals surface area contributed by atoms with E-state index in [4.69, 9.17) is 0 Å². The molecule has 0 aliphatic rings. The normalized spacial score (nSPS) is 13.1. The molecular formula is C17H26N4OS. The molecule has 2 N–H and O–H groups in total. The molecular weight excluding hydrogens is 308 g/mol. The average Bonchev–Trinajstić information content (AvgIpc) is 3.05. The molecule has 2 heterocycles. The molecule has 2 aromatic heterocycles. The van der Waals surface area contributed by atoms with E-state index in [1.807, 2.05) is 20.8 Å². The van der Waals surface area contributed by atoms with Crippen molar-refractivity contribution in [3.63, 3.8) is 0 Å². The summed E-state index contributed by atoms with van der Waals surface area (Å²) in [5, 5.41) is 13.3. The summed E-state index contributed by atoms with van der Waals surface area (Å²) >= 11 is 1.66. The standard InChI is InChI=1S/C17H26N4OS/c1-10(15-11(2)20-21-12(15)3)16(22)18-8-7-14-19-13(9-23-14)17(4,5)6/h9-10H,7-8H2,1-6H3,(H,18,22)(H,20,21). The molecule has 0 saturated carbocycles. The highest BCUT2D eigenvalue weighted by Gasteiger charge is 2.21. The Morgan fingerprint density at radius 3 is 2.61 bits per heavy atom. The van der Waals surface area contributed by atoms with Gasteiger partial charge in [0.2, 0.25) is 5.91 Å². The molecule has 0 saturated heterocycles. The topological polar surface area (TPSA) is 70.7 Å². The molecule has 0 bridgehead atoms. The maximum Gasteiger partial charge on any atom is 0.227 e. The van der Waals surface area contributed by atoms with Crippen LogP contribution in [0.1, 0.15) is 61.3 Å². The van der Waals surface area contributed by atoms with Crippen molar-refractivity contribution in [2.45, 2.75) is 59.3 Å². The first-order valence-corrected chi connectivity index (χ1v) is 8.82. The molecule has 0 aliphatic heterocycles. The van der Waals surface area contributed by atoms with E-state index >= 15 is 0 Å². The van der Waals surface area contributed by atoms with Crippen molar-refractivity contribution < 1.29 is 4.79 Å². The van der Waals surface area contributed by atoms with Crippen LogP contribution in [0.5, 0.6) is 0 Å². The van der Waals surface area contributed by atoms with E-state index < -0.39 is 0 Å². The fraction of sp³-hybridized carbons (Fsp3) is 0.588. The summed E-state index contributed by atoms with van der Waals surface area (Å²) in [5.74, 6) is -0.166. The van der Waals surface area contributed by atoms with Gasteiger partial charge in [0, 0.05) is 35.0 Å². The minimum Gasteiger partial charge on any atom is -0.355 e. The highest BCUT2D eigenvalue weighted by Crippen LogP contribution is 2.24. The summed E-state index contributed by atoms with van der Waals surface area (Å²) in [6, 6.07) is 0. The predicted octanol–water partition coefficient (Wildman–Crippen LogP) is 3.24. The number of carbonyl (C=O) groups is 1. The molecule has 1 atom stereocenters. The molecule has 0 radical (unpaired) electrons. The summed E-state index contributed by atoms with van der Waals surface area (Å²) in [7, 11) is 0. The summed E-state index contributed by atoms with van der Waals surface area (Å²) in [6.45, 7) is 12.9. The van der Waals surface area contributed by atoms with Crippen LogP contribution in [0.4, 0.5) is 0 Å². The maximum absolute atomic E-state index is 12.3. The van der Waals surface area contributed by atoms with Gasteiger partial charge in [-0.3, -0.25) is 9.89 Å². The van der Waals surface area contributed by atoms with E-state index in [9.17, 15) is 4.79 Å². The number of carbonyl (C=O) groups excluding carboxylic acids is 1. The summed E-state index contributed by atoms with van der Waals surface area (Å²) < 4.78 is 0. The first kappa shape index (κ1) is 17.7. The van der Waals surface area contributed by atoms with Gasteiger partial charge in [-0.1, -0.05) is 20.8 Å². The molecule has 1 amide bonds. The number of nitrogens with one attached hydrogen (secondary N) is 2. The quantitative estimate of drug-likeness (QED) is 0.882. The second kappa shape index (κ2) is 6.83. The molecule has 2 aromatic rings. The molecule has 6 heteroatoms. The number of aromatic amines is 1. The second-order valence-electron chi connectivity index (χ2n) is 6.99.